The summed E-state index contributed by atoms with van der Waals surface area (Å²) in [5, 5.41) is 3.34. The second kappa shape index (κ2) is 7.17. The van der Waals surface area contributed by atoms with Gasteiger partial charge in [-0.3, -0.25) is 4.79 Å². The quantitative estimate of drug-likeness (QED) is 0.805. The van der Waals surface area contributed by atoms with E-state index in [2.05, 4.69) is 26.0 Å². The Balaban J connectivity index is 2.07. The lowest BCUT2D eigenvalue weighted by Gasteiger charge is -2.08. The number of amides is 1. The predicted octanol–water partition coefficient (Wildman–Crippen LogP) is 4.44. The van der Waals surface area contributed by atoms with Crippen LogP contribution in [-0.2, 0) is 5.33 Å². The molecule has 6 heteroatoms. The first-order valence-corrected chi connectivity index (χ1v) is 7.22. The van der Waals surface area contributed by atoms with E-state index in [4.69, 9.17) is 0 Å². The normalized spacial score (nSPS) is 10.5. The lowest BCUT2D eigenvalue weighted by molar-refractivity contribution is -0.0497. The molecule has 1 amide bonds. The maximum atomic E-state index is 12.1. The van der Waals surface area contributed by atoms with E-state index in [-0.39, 0.29) is 11.7 Å². The van der Waals surface area contributed by atoms with Crippen molar-refractivity contribution in [1.29, 1.82) is 0 Å². The van der Waals surface area contributed by atoms with Crippen LogP contribution in [0.3, 0.4) is 0 Å². The van der Waals surface area contributed by atoms with Gasteiger partial charge in [-0.1, -0.05) is 34.1 Å². The lowest BCUT2D eigenvalue weighted by atomic mass is 10.1. The number of carbonyl (C=O) groups is 1. The van der Waals surface area contributed by atoms with Gasteiger partial charge in [0.2, 0.25) is 0 Å². The number of anilines is 1. The smallest absolute Gasteiger partial charge is 0.387 e. The Labute approximate surface area is 129 Å². The monoisotopic (exact) mass is 355 g/mol. The van der Waals surface area contributed by atoms with Gasteiger partial charge in [-0.05, 0) is 29.8 Å². The van der Waals surface area contributed by atoms with Gasteiger partial charge in [0.1, 0.15) is 5.75 Å². The van der Waals surface area contributed by atoms with Crippen LogP contribution in [0, 0.1) is 0 Å². The van der Waals surface area contributed by atoms with Gasteiger partial charge < -0.3 is 10.1 Å². The van der Waals surface area contributed by atoms with E-state index in [1.54, 1.807) is 18.2 Å². The summed E-state index contributed by atoms with van der Waals surface area (Å²) >= 11 is 3.32. The molecule has 2 aromatic carbocycles. The Hall–Kier alpha value is -1.95. The molecular formula is C15H12BrF2NO2. The number of hydrogen-bond donors (Lipinski definition) is 1. The van der Waals surface area contributed by atoms with Gasteiger partial charge in [0.05, 0.1) is 0 Å². The predicted molar refractivity (Wildman–Crippen MR) is 80.1 cm³/mol. The molecule has 0 bridgehead atoms. The van der Waals surface area contributed by atoms with E-state index in [1.165, 1.54) is 18.2 Å². The molecule has 0 aromatic heterocycles. The minimum absolute atomic E-state index is 0.00237. The molecule has 0 aliphatic heterocycles. The Morgan fingerprint density at radius 3 is 2.52 bits per heavy atom. The SMILES string of the molecule is O=C(Nc1cccc(OC(F)F)c1)c1ccc(CBr)cc1. The molecule has 0 radical (unpaired) electrons. The number of hydrogen-bond acceptors (Lipinski definition) is 2. The third-order valence-electron chi connectivity index (χ3n) is 2.69. The van der Waals surface area contributed by atoms with Crippen molar-refractivity contribution in [2.75, 3.05) is 5.32 Å². The molecule has 0 atom stereocenters. The number of ether oxygens (including phenoxy) is 1. The fourth-order valence-corrected chi connectivity index (χ4v) is 2.07. The molecule has 0 saturated heterocycles. The standard InChI is InChI=1S/C15H12BrF2NO2/c16-9-10-4-6-11(7-5-10)14(20)19-12-2-1-3-13(8-12)21-15(17)18/h1-8,15H,9H2,(H,19,20). The molecule has 0 fully saturated rings. The zero-order valence-corrected chi connectivity index (χ0v) is 12.4. The molecule has 110 valence electrons. The van der Waals surface area contributed by atoms with E-state index in [0.717, 1.165) is 5.56 Å². The number of halogens is 3. The van der Waals surface area contributed by atoms with Gasteiger partial charge in [-0.25, -0.2) is 0 Å². The molecule has 0 aliphatic carbocycles. The molecule has 0 unspecified atom stereocenters. The Morgan fingerprint density at radius 2 is 1.90 bits per heavy atom. The van der Waals surface area contributed by atoms with E-state index in [1.807, 2.05) is 12.1 Å². The van der Waals surface area contributed by atoms with Crippen molar-refractivity contribution >= 4 is 27.5 Å². The summed E-state index contributed by atoms with van der Waals surface area (Å²) in [6.45, 7) is -2.90. The van der Waals surface area contributed by atoms with Crippen LogP contribution in [0.2, 0.25) is 0 Å². The van der Waals surface area contributed by atoms with Crippen LogP contribution >= 0.6 is 15.9 Å². The number of carbonyl (C=O) groups excluding carboxylic acids is 1. The summed E-state index contributed by atoms with van der Waals surface area (Å²) in [7, 11) is 0. The van der Waals surface area contributed by atoms with E-state index in [9.17, 15) is 13.6 Å². The topological polar surface area (TPSA) is 38.3 Å². The van der Waals surface area contributed by atoms with Gasteiger partial charge in [0, 0.05) is 22.6 Å². The van der Waals surface area contributed by atoms with Crippen molar-refractivity contribution in [3.05, 3.63) is 59.7 Å². The lowest BCUT2D eigenvalue weighted by Crippen LogP contribution is -2.12. The molecule has 0 saturated carbocycles. The van der Waals surface area contributed by atoms with Gasteiger partial charge in [0.15, 0.2) is 0 Å². The summed E-state index contributed by atoms with van der Waals surface area (Å²) in [6, 6.07) is 12.9. The molecular weight excluding hydrogens is 344 g/mol. The number of benzene rings is 2. The molecule has 0 aliphatic rings. The minimum Gasteiger partial charge on any atom is -0.435 e. The van der Waals surface area contributed by atoms with Crippen molar-refractivity contribution in [2.24, 2.45) is 0 Å². The van der Waals surface area contributed by atoms with Crippen molar-refractivity contribution in [3.63, 3.8) is 0 Å². The third kappa shape index (κ3) is 4.53. The molecule has 1 N–H and O–H groups in total. The van der Waals surface area contributed by atoms with Crippen LogP contribution < -0.4 is 10.1 Å². The molecule has 2 aromatic rings. The van der Waals surface area contributed by atoms with Crippen molar-refractivity contribution in [3.8, 4) is 5.75 Å². The van der Waals surface area contributed by atoms with Crippen LogP contribution in [0.1, 0.15) is 15.9 Å². The highest BCUT2D eigenvalue weighted by Crippen LogP contribution is 2.20. The first-order chi connectivity index (χ1) is 10.1. The van der Waals surface area contributed by atoms with Gasteiger partial charge in [-0.2, -0.15) is 8.78 Å². The van der Waals surface area contributed by atoms with E-state index >= 15 is 0 Å². The Morgan fingerprint density at radius 1 is 1.19 bits per heavy atom. The average molecular weight is 356 g/mol. The summed E-state index contributed by atoms with van der Waals surface area (Å²) in [6.07, 6.45) is 0. The largest absolute Gasteiger partial charge is 0.435 e. The van der Waals surface area contributed by atoms with Crippen molar-refractivity contribution < 1.29 is 18.3 Å². The maximum absolute atomic E-state index is 12.1. The second-order valence-electron chi connectivity index (χ2n) is 4.19. The van der Waals surface area contributed by atoms with Crippen LogP contribution in [-0.4, -0.2) is 12.5 Å². The highest BCUT2D eigenvalue weighted by Gasteiger charge is 2.08. The van der Waals surface area contributed by atoms with Crippen LogP contribution in [0.25, 0.3) is 0 Å². The molecule has 3 nitrogen and oxygen atoms in total. The van der Waals surface area contributed by atoms with Crippen LogP contribution in [0.15, 0.2) is 48.5 Å². The Bertz CT molecular complexity index is 617. The summed E-state index contributed by atoms with van der Waals surface area (Å²) in [5.41, 5.74) is 1.93. The highest BCUT2D eigenvalue weighted by atomic mass is 79.9. The third-order valence-corrected chi connectivity index (χ3v) is 3.33. The average Bonchev–Trinajstić information content (AvgIpc) is 2.47. The van der Waals surface area contributed by atoms with E-state index in [0.29, 0.717) is 16.6 Å². The number of nitrogens with one attached hydrogen (secondary N) is 1. The highest BCUT2D eigenvalue weighted by molar-refractivity contribution is 9.08. The number of rotatable bonds is 5. The van der Waals surface area contributed by atoms with Crippen LogP contribution in [0.4, 0.5) is 14.5 Å². The first kappa shape index (κ1) is 15.4. The van der Waals surface area contributed by atoms with Crippen LogP contribution in [0.5, 0.6) is 5.75 Å². The Kier molecular flexibility index (Phi) is 5.27. The van der Waals surface area contributed by atoms with Crippen molar-refractivity contribution in [1.82, 2.24) is 0 Å². The zero-order valence-electron chi connectivity index (χ0n) is 10.9. The summed E-state index contributed by atoms with van der Waals surface area (Å²) < 4.78 is 28.6. The summed E-state index contributed by atoms with van der Waals surface area (Å²) in [5.74, 6) is -0.317. The molecule has 0 spiro atoms. The van der Waals surface area contributed by atoms with Crippen molar-refractivity contribution in [2.45, 2.75) is 11.9 Å². The molecule has 0 heterocycles. The summed E-state index contributed by atoms with van der Waals surface area (Å²) in [4.78, 5) is 12.0. The van der Waals surface area contributed by atoms with E-state index < -0.39 is 6.61 Å². The van der Waals surface area contributed by atoms with Gasteiger partial charge >= 0.3 is 6.61 Å². The first-order valence-electron chi connectivity index (χ1n) is 6.09. The minimum atomic E-state index is -2.90. The molecule has 2 rings (SSSR count). The number of alkyl halides is 3. The van der Waals surface area contributed by atoms with Gasteiger partial charge in [-0.15, -0.1) is 0 Å². The van der Waals surface area contributed by atoms with Gasteiger partial charge in [0.25, 0.3) is 5.91 Å². The molecule has 21 heavy (non-hydrogen) atoms. The fraction of sp³-hybridized carbons (Fsp3) is 0.133. The zero-order chi connectivity index (χ0) is 15.2. The maximum Gasteiger partial charge on any atom is 0.387 e. The second-order valence-corrected chi connectivity index (χ2v) is 4.75. The fourth-order valence-electron chi connectivity index (χ4n) is 1.70.